The molecule has 0 bridgehead atoms. The zero-order chi connectivity index (χ0) is 13.8. The molecule has 1 aromatic rings. The SMILES string of the molecule is CC1CCN(C(=O)c2ccc(C=CC(=O)O)cc2)C1. The van der Waals surface area contributed by atoms with Gasteiger partial charge in [0.15, 0.2) is 0 Å². The van der Waals surface area contributed by atoms with E-state index in [1.165, 1.54) is 6.08 Å². The Kier molecular flexibility index (Phi) is 4.00. The third kappa shape index (κ3) is 3.44. The van der Waals surface area contributed by atoms with Crippen LogP contribution in [0.15, 0.2) is 30.3 Å². The van der Waals surface area contributed by atoms with Crippen molar-refractivity contribution >= 4 is 18.0 Å². The molecule has 4 nitrogen and oxygen atoms in total. The molecule has 0 radical (unpaired) electrons. The van der Waals surface area contributed by atoms with Crippen LogP contribution < -0.4 is 0 Å². The summed E-state index contributed by atoms with van der Waals surface area (Å²) in [6.07, 6.45) is 3.65. The molecule has 0 spiro atoms. The number of hydrogen-bond donors (Lipinski definition) is 1. The lowest BCUT2D eigenvalue weighted by Gasteiger charge is -2.15. The van der Waals surface area contributed by atoms with Crippen LogP contribution in [-0.2, 0) is 4.79 Å². The van der Waals surface area contributed by atoms with Crippen LogP contribution >= 0.6 is 0 Å². The molecule has 1 heterocycles. The van der Waals surface area contributed by atoms with Crippen molar-refractivity contribution in [1.29, 1.82) is 0 Å². The lowest BCUT2D eigenvalue weighted by Crippen LogP contribution is -2.28. The summed E-state index contributed by atoms with van der Waals surface area (Å²) in [5.41, 5.74) is 1.43. The molecule has 0 aromatic heterocycles. The molecule has 1 fully saturated rings. The molecule has 100 valence electrons. The molecular formula is C15H17NO3. The second-order valence-electron chi connectivity index (χ2n) is 4.94. The topological polar surface area (TPSA) is 57.6 Å². The van der Waals surface area contributed by atoms with E-state index in [2.05, 4.69) is 6.92 Å². The van der Waals surface area contributed by atoms with Gasteiger partial charge in [-0.25, -0.2) is 4.79 Å². The minimum Gasteiger partial charge on any atom is -0.478 e. The van der Waals surface area contributed by atoms with Gasteiger partial charge in [-0.3, -0.25) is 4.79 Å². The second-order valence-corrected chi connectivity index (χ2v) is 4.94. The van der Waals surface area contributed by atoms with Gasteiger partial charge in [0.05, 0.1) is 0 Å². The predicted octanol–water partition coefficient (Wildman–Crippen LogP) is 2.27. The Labute approximate surface area is 112 Å². The van der Waals surface area contributed by atoms with Crippen molar-refractivity contribution in [3.8, 4) is 0 Å². The second kappa shape index (κ2) is 5.69. The molecule has 1 aliphatic rings. The van der Waals surface area contributed by atoms with Crippen LogP contribution in [0.1, 0.15) is 29.3 Å². The van der Waals surface area contributed by atoms with Crippen LogP contribution in [0.25, 0.3) is 6.08 Å². The number of likely N-dealkylation sites (tertiary alicyclic amines) is 1. The van der Waals surface area contributed by atoms with Gasteiger partial charge >= 0.3 is 5.97 Å². The van der Waals surface area contributed by atoms with E-state index in [0.717, 1.165) is 31.1 Å². The molecule has 1 amide bonds. The first-order chi connectivity index (χ1) is 9.06. The number of benzene rings is 1. The van der Waals surface area contributed by atoms with Crippen molar-refractivity contribution in [3.63, 3.8) is 0 Å². The molecule has 1 atom stereocenters. The van der Waals surface area contributed by atoms with E-state index in [9.17, 15) is 9.59 Å². The summed E-state index contributed by atoms with van der Waals surface area (Å²) >= 11 is 0. The van der Waals surface area contributed by atoms with Gasteiger partial charge in [0.1, 0.15) is 0 Å². The van der Waals surface area contributed by atoms with Gasteiger partial charge in [-0.15, -0.1) is 0 Å². The molecule has 1 N–H and O–H groups in total. The highest BCUT2D eigenvalue weighted by molar-refractivity contribution is 5.94. The van der Waals surface area contributed by atoms with Gasteiger partial charge in [-0.05, 0) is 36.1 Å². The van der Waals surface area contributed by atoms with Crippen LogP contribution in [0.4, 0.5) is 0 Å². The number of aliphatic carboxylic acids is 1. The molecule has 1 saturated heterocycles. The number of carbonyl (C=O) groups is 2. The molecule has 1 aliphatic heterocycles. The van der Waals surface area contributed by atoms with E-state index < -0.39 is 5.97 Å². The fourth-order valence-corrected chi connectivity index (χ4v) is 2.21. The first-order valence-electron chi connectivity index (χ1n) is 6.36. The average Bonchev–Trinajstić information content (AvgIpc) is 2.83. The van der Waals surface area contributed by atoms with Crippen molar-refractivity contribution in [2.45, 2.75) is 13.3 Å². The number of hydrogen-bond acceptors (Lipinski definition) is 2. The number of nitrogens with zero attached hydrogens (tertiary/aromatic N) is 1. The van der Waals surface area contributed by atoms with E-state index in [4.69, 9.17) is 5.11 Å². The first-order valence-corrected chi connectivity index (χ1v) is 6.36. The first kappa shape index (κ1) is 13.3. The lowest BCUT2D eigenvalue weighted by molar-refractivity contribution is -0.131. The van der Waals surface area contributed by atoms with E-state index in [-0.39, 0.29) is 5.91 Å². The standard InChI is InChI=1S/C15H17NO3/c1-11-8-9-16(10-11)15(19)13-5-2-12(3-6-13)4-7-14(17)18/h2-7,11H,8-10H2,1H3,(H,17,18). The van der Waals surface area contributed by atoms with Crippen LogP contribution in [0.3, 0.4) is 0 Å². The molecule has 0 aliphatic carbocycles. The van der Waals surface area contributed by atoms with Gasteiger partial charge in [0.2, 0.25) is 0 Å². The Hall–Kier alpha value is -2.10. The number of amides is 1. The summed E-state index contributed by atoms with van der Waals surface area (Å²) in [7, 11) is 0. The van der Waals surface area contributed by atoms with Gasteiger partial charge in [0, 0.05) is 24.7 Å². The van der Waals surface area contributed by atoms with Crippen molar-refractivity contribution in [2.24, 2.45) is 5.92 Å². The third-order valence-corrected chi connectivity index (χ3v) is 3.29. The summed E-state index contributed by atoms with van der Waals surface area (Å²) in [5.74, 6) is -0.356. The highest BCUT2D eigenvalue weighted by atomic mass is 16.4. The summed E-state index contributed by atoms with van der Waals surface area (Å²) in [6, 6.07) is 7.00. The molecule has 2 rings (SSSR count). The van der Waals surface area contributed by atoms with E-state index in [1.807, 2.05) is 4.90 Å². The van der Waals surface area contributed by atoms with Crippen LogP contribution in [0, 0.1) is 5.92 Å². The van der Waals surface area contributed by atoms with Crippen LogP contribution in [0.2, 0.25) is 0 Å². The van der Waals surface area contributed by atoms with Crippen molar-refractivity contribution in [1.82, 2.24) is 4.90 Å². The maximum atomic E-state index is 12.2. The number of carboxylic acids is 1. The Balaban J connectivity index is 2.06. The lowest BCUT2D eigenvalue weighted by atomic mass is 10.1. The number of rotatable bonds is 3. The van der Waals surface area contributed by atoms with Crippen LogP contribution in [-0.4, -0.2) is 35.0 Å². The highest BCUT2D eigenvalue weighted by Gasteiger charge is 2.23. The molecule has 4 heteroatoms. The van der Waals surface area contributed by atoms with Gasteiger partial charge < -0.3 is 10.0 Å². The smallest absolute Gasteiger partial charge is 0.328 e. The third-order valence-electron chi connectivity index (χ3n) is 3.29. The average molecular weight is 259 g/mol. The Morgan fingerprint density at radius 2 is 2.00 bits per heavy atom. The molecule has 0 saturated carbocycles. The summed E-state index contributed by atoms with van der Waals surface area (Å²) in [6.45, 7) is 3.78. The fourth-order valence-electron chi connectivity index (χ4n) is 2.21. The quantitative estimate of drug-likeness (QED) is 0.847. The zero-order valence-corrected chi connectivity index (χ0v) is 10.9. The number of carboxylic acid groups (broad SMARTS) is 1. The predicted molar refractivity (Wildman–Crippen MR) is 72.8 cm³/mol. The highest BCUT2D eigenvalue weighted by Crippen LogP contribution is 2.18. The van der Waals surface area contributed by atoms with E-state index >= 15 is 0 Å². The maximum Gasteiger partial charge on any atom is 0.328 e. The summed E-state index contributed by atoms with van der Waals surface area (Å²) in [4.78, 5) is 24.5. The van der Waals surface area contributed by atoms with Gasteiger partial charge in [-0.1, -0.05) is 19.1 Å². The normalized spacial score (nSPS) is 19.0. The van der Waals surface area contributed by atoms with Crippen molar-refractivity contribution in [3.05, 3.63) is 41.5 Å². The Morgan fingerprint density at radius 3 is 2.53 bits per heavy atom. The Bertz CT molecular complexity index is 505. The Morgan fingerprint density at radius 1 is 1.32 bits per heavy atom. The molecule has 19 heavy (non-hydrogen) atoms. The van der Waals surface area contributed by atoms with Gasteiger partial charge in [-0.2, -0.15) is 0 Å². The monoisotopic (exact) mass is 259 g/mol. The summed E-state index contributed by atoms with van der Waals surface area (Å²) in [5, 5.41) is 8.54. The minimum atomic E-state index is -0.980. The molecular weight excluding hydrogens is 242 g/mol. The van der Waals surface area contributed by atoms with Crippen molar-refractivity contribution < 1.29 is 14.7 Å². The molecule has 1 unspecified atom stereocenters. The number of carbonyl (C=O) groups excluding carboxylic acids is 1. The van der Waals surface area contributed by atoms with E-state index in [1.54, 1.807) is 24.3 Å². The molecule has 1 aromatic carbocycles. The summed E-state index contributed by atoms with van der Waals surface area (Å²) < 4.78 is 0. The van der Waals surface area contributed by atoms with Crippen LogP contribution in [0.5, 0.6) is 0 Å². The van der Waals surface area contributed by atoms with Gasteiger partial charge in [0.25, 0.3) is 5.91 Å². The largest absolute Gasteiger partial charge is 0.478 e. The van der Waals surface area contributed by atoms with E-state index in [0.29, 0.717) is 11.5 Å². The fraction of sp³-hybridized carbons (Fsp3) is 0.333. The maximum absolute atomic E-state index is 12.2. The zero-order valence-electron chi connectivity index (χ0n) is 10.9. The van der Waals surface area contributed by atoms with Crippen molar-refractivity contribution in [2.75, 3.05) is 13.1 Å². The minimum absolute atomic E-state index is 0.0538.